The van der Waals surface area contributed by atoms with E-state index in [1.165, 1.54) is 12.8 Å². The van der Waals surface area contributed by atoms with Gasteiger partial charge < -0.3 is 9.88 Å². The van der Waals surface area contributed by atoms with Crippen LogP contribution in [0.4, 0.5) is 5.69 Å². The van der Waals surface area contributed by atoms with Crippen molar-refractivity contribution in [2.75, 3.05) is 18.0 Å². The van der Waals surface area contributed by atoms with Crippen molar-refractivity contribution in [2.24, 2.45) is 5.92 Å². The lowest BCUT2D eigenvalue weighted by molar-refractivity contribution is 0.438. The van der Waals surface area contributed by atoms with Gasteiger partial charge in [0.2, 0.25) is 5.56 Å². The molecule has 0 aromatic carbocycles. The van der Waals surface area contributed by atoms with E-state index >= 15 is 0 Å². The van der Waals surface area contributed by atoms with E-state index in [-0.39, 0.29) is 5.56 Å². The molecule has 0 saturated carbocycles. The molecular formula is C11H16N2O. The Hall–Kier alpha value is -1.25. The first-order valence-corrected chi connectivity index (χ1v) is 5.19. The zero-order valence-electron chi connectivity index (χ0n) is 8.49. The van der Waals surface area contributed by atoms with Gasteiger partial charge in [-0.15, -0.1) is 0 Å². The zero-order valence-corrected chi connectivity index (χ0v) is 8.49. The number of anilines is 1. The summed E-state index contributed by atoms with van der Waals surface area (Å²) < 4.78 is 0. The molecule has 0 amide bonds. The summed E-state index contributed by atoms with van der Waals surface area (Å²) in [5, 5.41) is 0. The van der Waals surface area contributed by atoms with Crippen molar-refractivity contribution < 1.29 is 0 Å². The first-order valence-electron chi connectivity index (χ1n) is 5.19. The summed E-state index contributed by atoms with van der Waals surface area (Å²) in [6.07, 6.45) is 4.30. The molecule has 0 aliphatic carbocycles. The maximum Gasteiger partial charge on any atom is 0.248 e. The molecule has 0 radical (unpaired) electrons. The highest BCUT2D eigenvalue weighted by molar-refractivity contribution is 5.43. The first kappa shape index (κ1) is 9.31. The molecule has 1 aliphatic heterocycles. The molecule has 1 saturated heterocycles. The Morgan fingerprint density at radius 2 is 2.07 bits per heavy atom. The summed E-state index contributed by atoms with van der Waals surface area (Å²) in [6.45, 7) is 4.50. The van der Waals surface area contributed by atoms with Crippen LogP contribution in [-0.2, 0) is 0 Å². The average Bonchev–Trinajstić information content (AvgIpc) is 2.21. The monoisotopic (exact) mass is 192 g/mol. The third-order valence-corrected chi connectivity index (χ3v) is 2.92. The lowest BCUT2D eigenvalue weighted by Crippen LogP contribution is -2.33. The smallest absolute Gasteiger partial charge is 0.248 e. The van der Waals surface area contributed by atoms with Crippen molar-refractivity contribution in [3.8, 4) is 0 Å². The molecule has 1 aliphatic rings. The van der Waals surface area contributed by atoms with E-state index in [2.05, 4.69) is 16.8 Å². The minimum Gasteiger partial charge on any atom is -0.370 e. The molecular weight excluding hydrogens is 176 g/mol. The molecule has 3 heteroatoms. The van der Waals surface area contributed by atoms with Crippen LogP contribution in [0, 0.1) is 5.92 Å². The number of rotatable bonds is 1. The topological polar surface area (TPSA) is 36.1 Å². The fraction of sp³-hybridized carbons (Fsp3) is 0.545. The Kier molecular flexibility index (Phi) is 2.57. The lowest BCUT2D eigenvalue weighted by Gasteiger charge is -2.31. The average molecular weight is 192 g/mol. The van der Waals surface area contributed by atoms with Crippen molar-refractivity contribution in [1.29, 1.82) is 0 Å². The number of nitrogens with zero attached hydrogens (tertiary/aromatic N) is 1. The van der Waals surface area contributed by atoms with Crippen LogP contribution in [-0.4, -0.2) is 18.1 Å². The summed E-state index contributed by atoms with van der Waals surface area (Å²) >= 11 is 0. The normalized spacial score (nSPS) is 18.5. The van der Waals surface area contributed by atoms with Crippen LogP contribution in [0.1, 0.15) is 19.8 Å². The molecule has 1 aromatic heterocycles. The SMILES string of the molecule is CC1CCN(c2ccc(=O)[nH]c2)CC1. The number of hydrogen-bond donors (Lipinski definition) is 1. The van der Waals surface area contributed by atoms with Gasteiger partial charge in [0.25, 0.3) is 0 Å². The van der Waals surface area contributed by atoms with E-state index in [9.17, 15) is 4.79 Å². The summed E-state index contributed by atoms with van der Waals surface area (Å²) in [5.41, 5.74) is 1.11. The fourth-order valence-electron chi connectivity index (χ4n) is 1.87. The number of aromatic amines is 1. The minimum absolute atomic E-state index is 0.0286. The highest BCUT2D eigenvalue weighted by Crippen LogP contribution is 2.21. The van der Waals surface area contributed by atoms with Gasteiger partial charge in [0.15, 0.2) is 0 Å². The molecule has 1 aromatic rings. The second-order valence-corrected chi connectivity index (χ2v) is 4.08. The number of H-pyrrole nitrogens is 1. The molecule has 76 valence electrons. The predicted octanol–water partition coefficient (Wildman–Crippen LogP) is 1.61. The van der Waals surface area contributed by atoms with Gasteiger partial charge in [0, 0.05) is 25.4 Å². The van der Waals surface area contributed by atoms with E-state index < -0.39 is 0 Å². The second-order valence-electron chi connectivity index (χ2n) is 4.08. The summed E-state index contributed by atoms with van der Waals surface area (Å²) in [4.78, 5) is 15.9. The van der Waals surface area contributed by atoms with Crippen LogP contribution in [0.3, 0.4) is 0 Å². The maximum atomic E-state index is 10.9. The number of aromatic nitrogens is 1. The molecule has 1 fully saturated rings. The second kappa shape index (κ2) is 3.86. The van der Waals surface area contributed by atoms with Gasteiger partial charge >= 0.3 is 0 Å². The highest BCUT2D eigenvalue weighted by atomic mass is 16.1. The summed E-state index contributed by atoms with van der Waals surface area (Å²) in [5.74, 6) is 0.842. The fourth-order valence-corrected chi connectivity index (χ4v) is 1.87. The van der Waals surface area contributed by atoms with Crippen molar-refractivity contribution >= 4 is 5.69 Å². The van der Waals surface area contributed by atoms with Gasteiger partial charge in [-0.2, -0.15) is 0 Å². The van der Waals surface area contributed by atoms with Gasteiger partial charge in [0.1, 0.15) is 0 Å². The zero-order chi connectivity index (χ0) is 9.97. The van der Waals surface area contributed by atoms with E-state index in [1.807, 2.05) is 6.07 Å². The quantitative estimate of drug-likeness (QED) is 0.733. The third-order valence-electron chi connectivity index (χ3n) is 2.92. The third kappa shape index (κ3) is 1.97. The van der Waals surface area contributed by atoms with E-state index in [0.717, 1.165) is 24.7 Å². The van der Waals surface area contributed by atoms with E-state index in [4.69, 9.17) is 0 Å². The molecule has 0 bridgehead atoms. The number of nitrogens with one attached hydrogen (secondary N) is 1. The number of pyridine rings is 1. The maximum absolute atomic E-state index is 10.9. The molecule has 0 atom stereocenters. The first-order chi connectivity index (χ1) is 6.75. The van der Waals surface area contributed by atoms with E-state index in [1.54, 1.807) is 12.3 Å². The van der Waals surface area contributed by atoms with Gasteiger partial charge in [0.05, 0.1) is 5.69 Å². The van der Waals surface area contributed by atoms with Crippen LogP contribution in [0.25, 0.3) is 0 Å². The number of piperidine rings is 1. The largest absolute Gasteiger partial charge is 0.370 e. The molecule has 2 rings (SSSR count). The van der Waals surface area contributed by atoms with Crippen LogP contribution < -0.4 is 10.5 Å². The van der Waals surface area contributed by atoms with Crippen molar-refractivity contribution in [1.82, 2.24) is 4.98 Å². The standard InChI is InChI=1S/C11H16N2O/c1-9-4-6-13(7-5-9)10-2-3-11(14)12-8-10/h2-3,8-9H,4-7H2,1H3,(H,12,14). The lowest BCUT2D eigenvalue weighted by atomic mass is 9.99. The molecule has 0 spiro atoms. The predicted molar refractivity (Wildman–Crippen MR) is 57.7 cm³/mol. The Labute approximate surface area is 83.8 Å². The van der Waals surface area contributed by atoms with Crippen molar-refractivity contribution in [3.63, 3.8) is 0 Å². The summed E-state index contributed by atoms with van der Waals surface area (Å²) in [6, 6.07) is 3.49. The van der Waals surface area contributed by atoms with Gasteiger partial charge in [-0.25, -0.2) is 0 Å². The molecule has 14 heavy (non-hydrogen) atoms. The van der Waals surface area contributed by atoms with Crippen LogP contribution in [0.15, 0.2) is 23.1 Å². The van der Waals surface area contributed by atoms with Crippen LogP contribution in [0.2, 0.25) is 0 Å². The molecule has 1 N–H and O–H groups in total. The number of hydrogen-bond acceptors (Lipinski definition) is 2. The summed E-state index contributed by atoms with van der Waals surface area (Å²) in [7, 11) is 0. The molecule has 0 unspecified atom stereocenters. The van der Waals surface area contributed by atoms with Crippen LogP contribution >= 0.6 is 0 Å². The Balaban J connectivity index is 2.08. The van der Waals surface area contributed by atoms with Crippen molar-refractivity contribution in [3.05, 3.63) is 28.7 Å². The van der Waals surface area contributed by atoms with Gasteiger partial charge in [-0.05, 0) is 24.8 Å². The van der Waals surface area contributed by atoms with Crippen molar-refractivity contribution in [2.45, 2.75) is 19.8 Å². The minimum atomic E-state index is -0.0286. The Morgan fingerprint density at radius 1 is 1.36 bits per heavy atom. The highest BCUT2D eigenvalue weighted by Gasteiger charge is 2.15. The Bertz CT molecular complexity index is 330. The molecule has 3 nitrogen and oxygen atoms in total. The molecule has 2 heterocycles. The van der Waals surface area contributed by atoms with Gasteiger partial charge in [-0.1, -0.05) is 6.92 Å². The van der Waals surface area contributed by atoms with E-state index in [0.29, 0.717) is 0 Å². The van der Waals surface area contributed by atoms with Gasteiger partial charge in [-0.3, -0.25) is 4.79 Å². The Morgan fingerprint density at radius 3 is 2.64 bits per heavy atom. The van der Waals surface area contributed by atoms with Crippen LogP contribution in [0.5, 0.6) is 0 Å².